The lowest BCUT2D eigenvalue weighted by Gasteiger charge is -2.07. The molecule has 3 N–H and O–H groups in total. The van der Waals surface area contributed by atoms with E-state index in [-0.39, 0.29) is 12.3 Å². The Morgan fingerprint density at radius 1 is 1.33 bits per heavy atom. The lowest BCUT2D eigenvalue weighted by molar-refractivity contribution is -0.137. The maximum atomic E-state index is 12.4. The highest BCUT2D eigenvalue weighted by molar-refractivity contribution is 6.38. The lowest BCUT2D eigenvalue weighted by Crippen LogP contribution is -2.05. The van der Waals surface area contributed by atoms with Crippen LogP contribution in [0.15, 0.2) is 24.4 Å². The molecule has 24 heavy (non-hydrogen) atoms. The number of allylic oxidation sites excluding steroid dienone is 1. The highest BCUT2D eigenvalue weighted by Gasteiger charge is 2.27. The van der Waals surface area contributed by atoms with Gasteiger partial charge in [0.2, 0.25) is 0 Å². The lowest BCUT2D eigenvalue weighted by atomic mass is 9.97. The first-order valence-corrected chi connectivity index (χ1v) is 7.97. The molecule has 2 aromatic rings. The monoisotopic (exact) mass is 344 g/mol. The molecule has 0 radical (unpaired) electrons. The van der Waals surface area contributed by atoms with Gasteiger partial charge < -0.3 is 15.4 Å². The summed E-state index contributed by atoms with van der Waals surface area (Å²) in [6.45, 7) is 3.81. The summed E-state index contributed by atoms with van der Waals surface area (Å²) in [7, 11) is 0. The number of carbonyl (C=O) groups excluding carboxylic acids is 1. The van der Waals surface area contributed by atoms with Crippen LogP contribution in [-0.2, 0) is 16.0 Å². The van der Waals surface area contributed by atoms with Crippen LogP contribution in [0.1, 0.15) is 35.7 Å². The van der Waals surface area contributed by atoms with Gasteiger partial charge in [0.05, 0.1) is 5.57 Å². The van der Waals surface area contributed by atoms with Crippen LogP contribution in [0.3, 0.4) is 0 Å². The first-order chi connectivity index (χ1) is 11.4. The van der Waals surface area contributed by atoms with E-state index in [1.807, 2.05) is 20.0 Å². The number of aromatic amines is 1. The number of carbonyl (C=O) groups is 2. The van der Waals surface area contributed by atoms with Crippen molar-refractivity contribution in [2.24, 2.45) is 0 Å². The van der Waals surface area contributed by atoms with Crippen LogP contribution in [-0.4, -0.2) is 22.0 Å². The fourth-order valence-electron chi connectivity index (χ4n) is 3.06. The Labute approximate surface area is 144 Å². The van der Waals surface area contributed by atoms with Crippen molar-refractivity contribution in [1.29, 1.82) is 0 Å². The fourth-order valence-corrected chi connectivity index (χ4v) is 3.24. The second-order valence-corrected chi connectivity index (χ2v) is 6.29. The number of fused-ring (bicyclic) bond motifs is 1. The Bertz CT molecular complexity index is 880. The van der Waals surface area contributed by atoms with Crippen LogP contribution < -0.4 is 5.32 Å². The van der Waals surface area contributed by atoms with Crippen molar-refractivity contribution in [2.75, 3.05) is 5.32 Å². The Morgan fingerprint density at radius 3 is 2.79 bits per heavy atom. The number of aryl methyl sites for hydroxylation is 1. The zero-order chi connectivity index (χ0) is 17.4. The minimum absolute atomic E-state index is 0.0761. The molecule has 124 valence electrons. The molecule has 0 bridgehead atoms. The van der Waals surface area contributed by atoms with Crippen molar-refractivity contribution in [3.63, 3.8) is 0 Å². The third-order valence-electron chi connectivity index (χ3n) is 4.33. The summed E-state index contributed by atoms with van der Waals surface area (Å²) in [5.41, 5.74) is 5.67. The molecule has 1 aliphatic rings. The molecular formula is C18H17ClN2O3. The van der Waals surface area contributed by atoms with Crippen LogP contribution in [0, 0.1) is 6.92 Å². The van der Waals surface area contributed by atoms with Gasteiger partial charge in [-0.1, -0.05) is 11.6 Å². The van der Waals surface area contributed by atoms with E-state index in [0.29, 0.717) is 17.0 Å². The molecule has 2 heterocycles. The largest absolute Gasteiger partial charge is 0.481 e. The standard InChI is InChI=1S/C18H17ClN2O3/c1-9-11(3-6-15(22)23)8-20-17(9)10(2)16-13-7-12(19)4-5-14(13)21-18(16)24/h4-5,7-8,20H,3,6H2,1-2H3,(H,21,24)(H,22,23). The molecule has 5 nitrogen and oxygen atoms in total. The second kappa shape index (κ2) is 6.17. The van der Waals surface area contributed by atoms with Crippen LogP contribution in [0.4, 0.5) is 5.69 Å². The van der Waals surface area contributed by atoms with Gasteiger partial charge in [0.1, 0.15) is 0 Å². The van der Waals surface area contributed by atoms with Gasteiger partial charge in [0.15, 0.2) is 0 Å². The molecule has 1 amide bonds. The van der Waals surface area contributed by atoms with Crippen molar-refractivity contribution in [1.82, 2.24) is 4.98 Å². The summed E-state index contributed by atoms with van der Waals surface area (Å²) < 4.78 is 0. The van der Waals surface area contributed by atoms with E-state index in [1.165, 1.54) is 0 Å². The summed E-state index contributed by atoms with van der Waals surface area (Å²) in [4.78, 5) is 26.3. The summed E-state index contributed by atoms with van der Waals surface area (Å²) in [6.07, 6.45) is 2.34. The molecule has 0 aliphatic carbocycles. The summed E-state index contributed by atoms with van der Waals surface area (Å²) in [6, 6.07) is 5.30. The minimum Gasteiger partial charge on any atom is -0.481 e. The smallest absolute Gasteiger partial charge is 0.303 e. The Hall–Kier alpha value is -2.53. The zero-order valence-electron chi connectivity index (χ0n) is 13.4. The zero-order valence-corrected chi connectivity index (χ0v) is 14.1. The predicted molar refractivity (Wildman–Crippen MR) is 94.1 cm³/mol. The number of benzene rings is 1. The molecule has 3 rings (SSSR count). The van der Waals surface area contributed by atoms with E-state index in [1.54, 1.807) is 18.2 Å². The molecule has 0 saturated carbocycles. The van der Waals surface area contributed by atoms with E-state index >= 15 is 0 Å². The highest BCUT2D eigenvalue weighted by Crippen LogP contribution is 2.38. The van der Waals surface area contributed by atoms with E-state index in [2.05, 4.69) is 10.3 Å². The first kappa shape index (κ1) is 16.3. The number of H-pyrrole nitrogens is 1. The molecule has 0 atom stereocenters. The van der Waals surface area contributed by atoms with Gasteiger partial charge in [-0.3, -0.25) is 9.59 Å². The highest BCUT2D eigenvalue weighted by atomic mass is 35.5. The van der Waals surface area contributed by atoms with Gasteiger partial charge in [0, 0.05) is 34.6 Å². The van der Waals surface area contributed by atoms with Gasteiger partial charge in [-0.05, 0) is 55.2 Å². The van der Waals surface area contributed by atoms with Crippen LogP contribution >= 0.6 is 11.6 Å². The number of carboxylic acid groups (broad SMARTS) is 1. The molecular weight excluding hydrogens is 328 g/mol. The van der Waals surface area contributed by atoms with Crippen LogP contribution in [0.25, 0.3) is 11.1 Å². The average Bonchev–Trinajstić information content (AvgIpc) is 3.04. The van der Waals surface area contributed by atoms with Gasteiger partial charge in [-0.15, -0.1) is 0 Å². The van der Waals surface area contributed by atoms with Crippen LogP contribution in [0.5, 0.6) is 0 Å². The Morgan fingerprint density at radius 2 is 2.08 bits per heavy atom. The Kier molecular flexibility index (Phi) is 4.20. The molecule has 0 spiro atoms. The molecule has 1 aliphatic heterocycles. The number of hydrogen-bond donors (Lipinski definition) is 3. The van der Waals surface area contributed by atoms with Gasteiger partial charge >= 0.3 is 5.97 Å². The third kappa shape index (κ3) is 2.83. The number of hydrogen-bond acceptors (Lipinski definition) is 2. The van der Waals surface area contributed by atoms with Crippen molar-refractivity contribution in [2.45, 2.75) is 26.7 Å². The quantitative estimate of drug-likeness (QED) is 0.736. The van der Waals surface area contributed by atoms with E-state index in [4.69, 9.17) is 16.7 Å². The molecule has 1 aromatic carbocycles. The van der Waals surface area contributed by atoms with Gasteiger partial charge in [0.25, 0.3) is 5.91 Å². The topological polar surface area (TPSA) is 82.2 Å². The SMILES string of the molecule is CC(=C1C(=O)Nc2ccc(Cl)cc21)c1[nH]cc(CCC(=O)O)c1C. The minimum atomic E-state index is -0.828. The van der Waals surface area contributed by atoms with Crippen molar-refractivity contribution in [3.8, 4) is 0 Å². The van der Waals surface area contributed by atoms with Crippen molar-refractivity contribution >= 4 is 40.3 Å². The number of aliphatic carboxylic acids is 1. The first-order valence-electron chi connectivity index (χ1n) is 7.59. The van der Waals surface area contributed by atoms with Gasteiger partial charge in [-0.25, -0.2) is 0 Å². The summed E-state index contributed by atoms with van der Waals surface area (Å²) in [5.74, 6) is -0.989. The second-order valence-electron chi connectivity index (χ2n) is 5.85. The molecule has 0 fully saturated rings. The predicted octanol–water partition coefficient (Wildman–Crippen LogP) is 3.88. The maximum Gasteiger partial charge on any atom is 0.303 e. The van der Waals surface area contributed by atoms with Gasteiger partial charge in [-0.2, -0.15) is 0 Å². The Balaban J connectivity index is 2.04. The number of aromatic nitrogens is 1. The van der Waals surface area contributed by atoms with E-state index in [0.717, 1.165) is 33.6 Å². The normalized spacial score (nSPS) is 15.2. The third-order valence-corrected chi connectivity index (χ3v) is 4.57. The molecule has 6 heteroatoms. The van der Waals surface area contributed by atoms with Crippen molar-refractivity contribution in [3.05, 3.63) is 51.8 Å². The van der Waals surface area contributed by atoms with Crippen molar-refractivity contribution < 1.29 is 14.7 Å². The van der Waals surface area contributed by atoms with Crippen LogP contribution in [0.2, 0.25) is 5.02 Å². The van der Waals surface area contributed by atoms with E-state index in [9.17, 15) is 9.59 Å². The number of nitrogens with one attached hydrogen (secondary N) is 2. The maximum absolute atomic E-state index is 12.4. The number of carboxylic acids is 1. The number of rotatable bonds is 4. The fraction of sp³-hybridized carbons (Fsp3) is 0.222. The molecule has 0 saturated heterocycles. The number of anilines is 1. The number of amides is 1. The summed E-state index contributed by atoms with van der Waals surface area (Å²) in [5, 5.41) is 12.3. The van der Waals surface area contributed by atoms with E-state index < -0.39 is 5.97 Å². The summed E-state index contributed by atoms with van der Waals surface area (Å²) >= 11 is 6.07. The number of halogens is 1. The molecule has 0 unspecified atom stereocenters. The molecule has 1 aromatic heterocycles. The average molecular weight is 345 g/mol.